The zero-order valence-electron chi connectivity index (χ0n) is 11.4. The number of hydrogen-bond acceptors (Lipinski definition) is 0. The molecule has 0 aromatic rings. The van der Waals surface area contributed by atoms with Crippen LogP contribution in [0, 0.1) is 0 Å². The lowest BCUT2D eigenvalue weighted by atomic mass is 10.5. The second-order valence-electron chi connectivity index (χ2n) is 5.08. The van der Waals surface area contributed by atoms with Gasteiger partial charge in [-0.05, 0) is 0 Å². The van der Waals surface area contributed by atoms with Crippen LogP contribution in [0.25, 0.3) is 0 Å². The summed E-state index contributed by atoms with van der Waals surface area (Å²) in [5.74, 6) is 0. The van der Waals surface area contributed by atoms with Crippen LogP contribution in [0.1, 0.15) is 0 Å². The zero-order valence-corrected chi connectivity index (χ0v) is 25.0. The van der Waals surface area contributed by atoms with E-state index >= 15 is 0 Å². The molecule has 0 amide bonds. The normalized spacial score (nSPS) is 20.6. The van der Waals surface area contributed by atoms with Gasteiger partial charge in [-0.25, -0.2) is 0 Å². The molecule has 0 N–H and O–H groups in total. The van der Waals surface area contributed by atoms with Crippen molar-refractivity contribution in [3.05, 3.63) is 0 Å². The molecule has 0 aliphatic heterocycles. The van der Waals surface area contributed by atoms with Crippen molar-refractivity contribution >= 4 is 135 Å². The van der Waals surface area contributed by atoms with Crippen LogP contribution >= 0.6 is 135 Å². The fraction of sp³-hybridized carbons (Fsp3) is 1.00. The second-order valence-corrected chi connectivity index (χ2v) is 17.0. The fourth-order valence-corrected chi connectivity index (χ4v) is 16.8. The van der Waals surface area contributed by atoms with E-state index in [2.05, 4.69) is 127 Å². The van der Waals surface area contributed by atoms with Gasteiger partial charge in [-0.1, -0.05) is 127 Å². The minimum atomic E-state index is -1.09. The largest absolute Gasteiger partial charge is 0.0914 e. The summed E-state index contributed by atoms with van der Waals surface area (Å²) in [4.78, 5) is 2.19. The highest BCUT2D eigenvalue weighted by Gasteiger charge is 2.43. The van der Waals surface area contributed by atoms with Gasteiger partial charge in [0.1, 0.15) is 0 Å². The molecule has 0 fully saturated rings. The van der Waals surface area contributed by atoms with E-state index in [1.54, 1.807) is 0 Å². The highest BCUT2D eigenvalue weighted by molar-refractivity contribution is 9.13. The van der Waals surface area contributed by atoms with E-state index in [0.29, 0.717) is 19.3 Å². The molecular formula is C12H20Br8P+. The first-order chi connectivity index (χ1) is 9.82. The van der Waals surface area contributed by atoms with Crippen LogP contribution in [-0.2, 0) is 0 Å². The zero-order chi connectivity index (χ0) is 16.5. The van der Waals surface area contributed by atoms with Crippen molar-refractivity contribution in [3.63, 3.8) is 0 Å². The summed E-state index contributed by atoms with van der Waals surface area (Å²) in [6.07, 6.45) is 5.10. The minimum absolute atomic E-state index is 0.547. The number of halogens is 8. The third kappa shape index (κ3) is 11.6. The number of alkyl halides is 8. The van der Waals surface area contributed by atoms with Gasteiger partial charge in [-0.15, -0.1) is 0 Å². The minimum Gasteiger partial charge on any atom is -0.0914 e. The first kappa shape index (κ1) is 25.3. The molecular weight excluding hydrogens is 814 g/mol. The number of hydrogen-bond donors (Lipinski definition) is 0. The fourth-order valence-electron chi connectivity index (χ4n) is 2.32. The van der Waals surface area contributed by atoms with E-state index in [1.807, 2.05) is 0 Å². The maximum absolute atomic E-state index is 3.85. The van der Waals surface area contributed by atoms with Crippen molar-refractivity contribution in [1.29, 1.82) is 0 Å². The van der Waals surface area contributed by atoms with Crippen LogP contribution in [-0.4, -0.2) is 65.3 Å². The molecule has 0 bridgehead atoms. The molecule has 0 aromatic heterocycles. The van der Waals surface area contributed by atoms with E-state index in [9.17, 15) is 0 Å². The van der Waals surface area contributed by atoms with E-state index in [4.69, 9.17) is 0 Å². The highest BCUT2D eigenvalue weighted by atomic mass is 79.9. The second kappa shape index (κ2) is 14.3. The van der Waals surface area contributed by atoms with Gasteiger partial charge < -0.3 is 0 Å². The van der Waals surface area contributed by atoms with Gasteiger partial charge in [-0.3, -0.25) is 0 Å². The molecule has 128 valence electrons. The van der Waals surface area contributed by atoms with Crippen molar-refractivity contribution in [3.8, 4) is 0 Å². The Morgan fingerprint density at radius 1 is 0.476 bits per heavy atom. The van der Waals surface area contributed by atoms with Crippen molar-refractivity contribution < 1.29 is 0 Å². The quantitative estimate of drug-likeness (QED) is 0.140. The van der Waals surface area contributed by atoms with Crippen LogP contribution in [0.5, 0.6) is 0 Å². The summed E-state index contributed by atoms with van der Waals surface area (Å²) < 4.78 is 0. The summed E-state index contributed by atoms with van der Waals surface area (Å²) in [5.41, 5.74) is 0. The predicted molar refractivity (Wildman–Crippen MR) is 132 cm³/mol. The highest BCUT2D eigenvalue weighted by Crippen LogP contribution is 2.63. The van der Waals surface area contributed by atoms with Gasteiger partial charge in [0.15, 0.2) is 0 Å². The van der Waals surface area contributed by atoms with Crippen LogP contribution < -0.4 is 0 Å². The summed E-state index contributed by atoms with van der Waals surface area (Å²) in [5, 5.41) is 4.05. The molecule has 0 heterocycles. The summed E-state index contributed by atoms with van der Waals surface area (Å²) in [6, 6.07) is 0. The summed E-state index contributed by atoms with van der Waals surface area (Å²) in [7, 11) is -1.09. The average molecular weight is 834 g/mol. The maximum Gasteiger partial charge on any atom is 0.0728 e. The smallest absolute Gasteiger partial charge is 0.0728 e. The lowest BCUT2D eigenvalue weighted by Gasteiger charge is -2.33. The third-order valence-electron chi connectivity index (χ3n) is 3.01. The van der Waals surface area contributed by atoms with E-state index in [-0.39, 0.29) is 0 Å². The third-order valence-corrected chi connectivity index (χ3v) is 19.1. The van der Waals surface area contributed by atoms with Crippen molar-refractivity contribution in [2.75, 3.05) is 46.0 Å². The predicted octanol–water partition coefficient (Wildman–Crippen LogP) is 7.64. The van der Waals surface area contributed by atoms with Crippen molar-refractivity contribution in [1.82, 2.24) is 0 Å². The Morgan fingerprint density at radius 3 is 0.810 bits per heavy atom. The summed E-state index contributed by atoms with van der Waals surface area (Å²) >= 11 is 29.9. The Bertz CT molecular complexity index is 214. The Balaban J connectivity index is 5.23. The summed E-state index contributed by atoms with van der Waals surface area (Å²) in [6.45, 7) is 0. The first-order valence-corrected chi connectivity index (χ1v) is 17.2. The lowest BCUT2D eigenvalue weighted by Crippen LogP contribution is -2.30. The van der Waals surface area contributed by atoms with Crippen molar-refractivity contribution in [2.45, 2.75) is 19.3 Å². The van der Waals surface area contributed by atoms with Gasteiger partial charge in [0.2, 0.25) is 0 Å². The molecule has 0 aliphatic carbocycles. The van der Waals surface area contributed by atoms with Gasteiger partial charge in [0.05, 0.1) is 44.0 Å². The van der Waals surface area contributed by atoms with Crippen LogP contribution in [0.15, 0.2) is 0 Å². The van der Waals surface area contributed by atoms with Gasteiger partial charge in [0.25, 0.3) is 0 Å². The topological polar surface area (TPSA) is 0 Å². The van der Waals surface area contributed by atoms with Crippen LogP contribution in [0.2, 0.25) is 0 Å². The van der Waals surface area contributed by atoms with Gasteiger partial charge >= 0.3 is 0 Å². The van der Waals surface area contributed by atoms with Crippen LogP contribution in [0.4, 0.5) is 0 Å². The Hall–Kier alpha value is 4.27. The monoisotopic (exact) mass is 826 g/mol. The molecule has 0 saturated heterocycles. The molecule has 0 saturated carbocycles. The van der Waals surface area contributed by atoms with E-state index < -0.39 is 7.26 Å². The molecule has 21 heavy (non-hydrogen) atoms. The van der Waals surface area contributed by atoms with Crippen LogP contribution in [0.3, 0.4) is 0 Å². The van der Waals surface area contributed by atoms with Gasteiger partial charge in [0, 0.05) is 28.6 Å². The standard InChI is InChI=1S/C12H20Br8P/c13-1-9(17)5-21(6-10(18)2-14,7-11(19)3-15)8-12(20)4-16/h9-12H,1-8H2/q+1. The Kier molecular flexibility index (Phi) is 17.3. The first-order valence-electron chi connectivity index (χ1n) is 6.47. The molecule has 0 radical (unpaired) electrons. The lowest BCUT2D eigenvalue weighted by molar-refractivity contribution is 1.03. The van der Waals surface area contributed by atoms with E-state index in [0.717, 1.165) is 21.3 Å². The van der Waals surface area contributed by atoms with Crippen molar-refractivity contribution in [2.24, 2.45) is 0 Å². The maximum atomic E-state index is 3.85. The van der Waals surface area contributed by atoms with Gasteiger partial charge in [-0.2, -0.15) is 0 Å². The Morgan fingerprint density at radius 2 is 0.667 bits per heavy atom. The molecule has 9 heteroatoms. The molecule has 0 aromatic carbocycles. The molecule has 0 rings (SSSR count). The SMILES string of the molecule is BrCC(Br)C[P+](CC(Br)CBr)(CC(Br)CBr)CC(Br)CBr. The molecule has 0 aliphatic rings. The molecule has 0 nitrogen and oxygen atoms in total. The molecule has 4 unspecified atom stereocenters. The number of rotatable bonds is 12. The molecule has 0 spiro atoms. The Labute approximate surface area is 197 Å². The van der Waals surface area contributed by atoms with E-state index in [1.165, 1.54) is 24.6 Å². The molecule has 4 atom stereocenters. The average Bonchev–Trinajstić information content (AvgIpc) is 2.46.